The number of aryl methyl sites for hydroxylation is 1. The fourth-order valence-electron chi connectivity index (χ4n) is 1.52. The SMILES string of the molecule is Cc1noc([C@H]2CCCCN2)n1.Cl.Cl. The van der Waals surface area contributed by atoms with Crippen molar-refractivity contribution in [2.24, 2.45) is 0 Å². The average molecular weight is 240 g/mol. The Morgan fingerprint density at radius 1 is 1.36 bits per heavy atom. The molecule has 2 rings (SSSR count). The first-order valence-electron chi connectivity index (χ1n) is 4.40. The third-order valence-corrected chi connectivity index (χ3v) is 2.15. The molecule has 0 spiro atoms. The zero-order chi connectivity index (χ0) is 8.39. The smallest absolute Gasteiger partial charge is 0.243 e. The van der Waals surface area contributed by atoms with Crippen LogP contribution in [0.1, 0.15) is 37.0 Å². The molecule has 4 nitrogen and oxygen atoms in total. The second-order valence-electron chi connectivity index (χ2n) is 3.18. The van der Waals surface area contributed by atoms with Gasteiger partial charge in [-0.3, -0.25) is 0 Å². The summed E-state index contributed by atoms with van der Waals surface area (Å²) in [5.74, 6) is 1.46. The molecular formula is C8H15Cl2N3O. The lowest BCUT2D eigenvalue weighted by Crippen LogP contribution is -2.26. The summed E-state index contributed by atoms with van der Waals surface area (Å²) in [6, 6.07) is 0.292. The monoisotopic (exact) mass is 239 g/mol. The van der Waals surface area contributed by atoms with Crippen molar-refractivity contribution < 1.29 is 4.52 Å². The Morgan fingerprint density at radius 2 is 2.14 bits per heavy atom. The van der Waals surface area contributed by atoms with Crippen LogP contribution in [0.5, 0.6) is 0 Å². The van der Waals surface area contributed by atoms with E-state index in [-0.39, 0.29) is 24.8 Å². The quantitative estimate of drug-likeness (QED) is 0.816. The van der Waals surface area contributed by atoms with E-state index in [1.165, 1.54) is 12.8 Å². The Morgan fingerprint density at radius 3 is 2.64 bits per heavy atom. The second-order valence-corrected chi connectivity index (χ2v) is 3.18. The predicted octanol–water partition coefficient (Wildman–Crippen LogP) is 2.04. The summed E-state index contributed by atoms with van der Waals surface area (Å²) in [6.07, 6.45) is 3.62. The maximum atomic E-state index is 5.08. The van der Waals surface area contributed by atoms with Crippen LogP contribution < -0.4 is 5.32 Å². The van der Waals surface area contributed by atoms with Gasteiger partial charge < -0.3 is 9.84 Å². The first-order valence-corrected chi connectivity index (χ1v) is 4.40. The van der Waals surface area contributed by atoms with E-state index in [0.717, 1.165) is 24.7 Å². The Labute approximate surface area is 95.7 Å². The van der Waals surface area contributed by atoms with Gasteiger partial charge in [0.15, 0.2) is 5.82 Å². The first-order chi connectivity index (χ1) is 5.86. The highest BCUT2D eigenvalue weighted by Crippen LogP contribution is 2.20. The van der Waals surface area contributed by atoms with Crippen LogP contribution in [0.15, 0.2) is 4.52 Å². The number of halogens is 2. The molecule has 1 saturated heterocycles. The van der Waals surface area contributed by atoms with Crippen molar-refractivity contribution in [1.82, 2.24) is 15.5 Å². The molecule has 1 aromatic rings. The van der Waals surface area contributed by atoms with Crippen molar-refractivity contribution in [2.45, 2.75) is 32.2 Å². The lowest BCUT2D eigenvalue weighted by atomic mass is 10.1. The highest BCUT2D eigenvalue weighted by atomic mass is 35.5. The number of rotatable bonds is 1. The van der Waals surface area contributed by atoms with Crippen LogP contribution in [0.4, 0.5) is 0 Å². The second kappa shape index (κ2) is 6.22. The molecule has 0 saturated carbocycles. The standard InChI is InChI=1S/C8H13N3O.2ClH/c1-6-10-8(12-11-6)7-4-2-3-5-9-7;;/h7,9H,2-5H2,1H3;2*1H/t7-;;/m1../s1. The van der Waals surface area contributed by atoms with Crippen molar-refractivity contribution >= 4 is 24.8 Å². The fraction of sp³-hybridized carbons (Fsp3) is 0.750. The predicted molar refractivity (Wildman–Crippen MR) is 58.1 cm³/mol. The number of nitrogens with one attached hydrogen (secondary N) is 1. The lowest BCUT2D eigenvalue weighted by Gasteiger charge is -2.19. The van der Waals surface area contributed by atoms with Gasteiger partial charge in [0.2, 0.25) is 5.89 Å². The number of hydrogen-bond donors (Lipinski definition) is 1. The van der Waals surface area contributed by atoms with Gasteiger partial charge in [-0.15, -0.1) is 24.8 Å². The van der Waals surface area contributed by atoms with Crippen LogP contribution in [0.2, 0.25) is 0 Å². The van der Waals surface area contributed by atoms with Crippen LogP contribution in [0.25, 0.3) is 0 Å². The Kier molecular flexibility index (Phi) is 6.08. The van der Waals surface area contributed by atoms with E-state index in [2.05, 4.69) is 15.5 Å². The third-order valence-electron chi connectivity index (χ3n) is 2.15. The third kappa shape index (κ3) is 3.12. The van der Waals surface area contributed by atoms with E-state index in [4.69, 9.17) is 4.52 Å². The number of hydrogen-bond acceptors (Lipinski definition) is 4. The van der Waals surface area contributed by atoms with E-state index in [9.17, 15) is 0 Å². The van der Waals surface area contributed by atoms with Crippen molar-refractivity contribution in [2.75, 3.05) is 6.54 Å². The van der Waals surface area contributed by atoms with Gasteiger partial charge in [-0.1, -0.05) is 11.6 Å². The molecule has 1 aromatic heterocycles. The van der Waals surface area contributed by atoms with Crippen molar-refractivity contribution in [1.29, 1.82) is 0 Å². The molecule has 1 aliphatic heterocycles. The Bertz CT molecular complexity index is 261. The highest BCUT2D eigenvalue weighted by molar-refractivity contribution is 5.85. The van der Waals surface area contributed by atoms with E-state index in [1.807, 2.05) is 6.92 Å². The van der Waals surface area contributed by atoms with Gasteiger partial charge in [-0.05, 0) is 26.3 Å². The molecule has 1 N–H and O–H groups in total. The average Bonchev–Trinajstić information content (AvgIpc) is 2.54. The van der Waals surface area contributed by atoms with Gasteiger partial charge in [0, 0.05) is 0 Å². The first kappa shape index (κ1) is 13.7. The molecule has 2 heterocycles. The summed E-state index contributed by atoms with van der Waals surface area (Å²) in [6.45, 7) is 2.90. The molecule has 82 valence electrons. The summed E-state index contributed by atoms with van der Waals surface area (Å²) in [5.41, 5.74) is 0. The molecule has 0 radical (unpaired) electrons. The molecule has 0 unspecified atom stereocenters. The zero-order valence-corrected chi connectivity index (χ0v) is 9.66. The van der Waals surface area contributed by atoms with Gasteiger partial charge >= 0.3 is 0 Å². The minimum Gasteiger partial charge on any atom is -0.338 e. The van der Waals surface area contributed by atoms with Crippen LogP contribution >= 0.6 is 24.8 Å². The molecule has 6 heteroatoms. The molecule has 1 atom stereocenters. The van der Waals surface area contributed by atoms with E-state index >= 15 is 0 Å². The fourth-order valence-corrected chi connectivity index (χ4v) is 1.52. The van der Waals surface area contributed by atoms with E-state index < -0.39 is 0 Å². The molecule has 14 heavy (non-hydrogen) atoms. The maximum absolute atomic E-state index is 5.08. The molecule has 0 bridgehead atoms. The summed E-state index contributed by atoms with van der Waals surface area (Å²) in [7, 11) is 0. The van der Waals surface area contributed by atoms with Gasteiger partial charge in [0.05, 0.1) is 6.04 Å². The Hall–Kier alpha value is -0.320. The molecular weight excluding hydrogens is 225 g/mol. The zero-order valence-electron chi connectivity index (χ0n) is 8.02. The summed E-state index contributed by atoms with van der Waals surface area (Å²) in [5, 5.41) is 7.12. The molecule has 0 amide bonds. The molecule has 1 fully saturated rings. The molecule has 0 aromatic carbocycles. The van der Waals surface area contributed by atoms with Crippen molar-refractivity contribution in [3.63, 3.8) is 0 Å². The van der Waals surface area contributed by atoms with Gasteiger partial charge in [-0.25, -0.2) is 0 Å². The molecule has 1 aliphatic rings. The Balaban J connectivity index is 0.000000845. The van der Waals surface area contributed by atoms with Crippen molar-refractivity contribution in [3.8, 4) is 0 Å². The van der Waals surface area contributed by atoms with Crippen LogP contribution in [-0.4, -0.2) is 16.7 Å². The lowest BCUT2D eigenvalue weighted by molar-refractivity contribution is 0.296. The topological polar surface area (TPSA) is 51.0 Å². The van der Waals surface area contributed by atoms with Crippen LogP contribution in [0.3, 0.4) is 0 Å². The van der Waals surface area contributed by atoms with Gasteiger partial charge in [-0.2, -0.15) is 4.98 Å². The summed E-state index contributed by atoms with van der Waals surface area (Å²) < 4.78 is 5.08. The minimum absolute atomic E-state index is 0. The van der Waals surface area contributed by atoms with Crippen LogP contribution in [0, 0.1) is 6.92 Å². The van der Waals surface area contributed by atoms with E-state index in [1.54, 1.807) is 0 Å². The summed E-state index contributed by atoms with van der Waals surface area (Å²) in [4.78, 5) is 4.19. The van der Waals surface area contributed by atoms with Crippen LogP contribution in [-0.2, 0) is 0 Å². The summed E-state index contributed by atoms with van der Waals surface area (Å²) >= 11 is 0. The van der Waals surface area contributed by atoms with Gasteiger partial charge in [0.25, 0.3) is 0 Å². The number of nitrogens with zero attached hydrogens (tertiary/aromatic N) is 2. The van der Waals surface area contributed by atoms with E-state index in [0.29, 0.717) is 6.04 Å². The number of aromatic nitrogens is 2. The van der Waals surface area contributed by atoms with Crippen molar-refractivity contribution in [3.05, 3.63) is 11.7 Å². The molecule has 0 aliphatic carbocycles. The normalized spacial score (nSPS) is 20.8. The van der Waals surface area contributed by atoms with Gasteiger partial charge in [0.1, 0.15) is 0 Å². The maximum Gasteiger partial charge on any atom is 0.243 e. The minimum atomic E-state index is 0. The largest absolute Gasteiger partial charge is 0.338 e. The highest BCUT2D eigenvalue weighted by Gasteiger charge is 2.19. The number of piperidine rings is 1.